The minimum absolute atomic E-state index is 0.214. The molecule has 1 amide bonds. The molecule has 0 saturated carbocycles. The van der Waals surface area contributed by atoms with Crippen LogP contribution in [-0.2, 0) is 22.6 Å². The lowest BCUT2D eigenvalue weighted by molar-refractivity contribution is -0.110. The van der Waals surface area contributed by atoms with E-state index in [1.807, 2.05) is 25.1 Å². The van der Waals surface area contributed by atoms with Crippen LogP contribution in [0.1, 0.15) is 23.6 Å². The van der Waals surface area contributed by atoms with Crippen LogP contribution in [0.25, 0.3) is 5.57 Å². The van der Waals surface area contributed by atoms with Gasteiger partial charge in [0.2, 0.25) is 0 Å². The van der Waals surface area contributed by atoms with E-state index in [0.29, 0.717) is 28.3 Å². The summed E-state index contributed by atoms with van der Waals surface area (Å²) in [7, 11) is 3.34. The molecule has 1 heterocycles. The summed E-state index contributed by atoms with van der Waals surface area (Å²) in [5.41, 5.74) is 5.87. The Morgan fingerprint density at radius 3 is 2.32 bits per heavy atom. The van der Waals surface area contributed by atoms with Gasteiger partial charge in [-0.25, -0.2) is 4.79 Å². The summed E-state index contributed by atoms with van der Waals surface area (Å²) >= 11 is 0. The number of benzene rings is 3. The fourth-order valence-corrected chi connectivity index (χ4v) is 3.96. The molecule has 174 valence electrons. The van der Waals surface area contributed by atoms with Crippen molar-refractivity contribution in [3.63, 3.8) is 0 Å². The van der Waals surface area contributed by atoms with Crippen molar-refractivity contribution in [2.75, 3.05) is 24.8 Å². The second-order valence-corrected chi connectivity index (χ2v) is 8.20. The van der Waals surface area contributed by atoms with Crippen LogP contribution in [0.3, 0.4) is 0 Å². The van der Waals surface area contributed by atoms with E-state index in [9.17, 15) is 9.59 Å². The largest absolute Gasteiger partial charge is 0.513 e. The number of methoxy groups -OCH3 is 1. The molecule has 34 heavy (non-hydrogen) atoms. The van der Waals surface area contributed by atoms with Crippen LogP contribution in [0.15, 0.2) is 78.5 Å². The average molecular weight is 458 g/mol. The Labute approximate surface area is 199 Å². The molecule has 0 aromatic heterocycles. The van der Waals surface area contributed by atoms with Crippen molar-refractivity contribution in [3.05, 3.63) is 95.2 Å². The first-order chi connectivity index (χ1) is 16.4. The molecule has 0 bridgehead atoms. The van der Waals surface area contributed by atoms with Crippen molar-refractivity contribution in [2.24, 2.45) is 0 Å². The number of allylic oxidation sites excluding steroid dienone is 1. The van der Waals surface area contributed by atoms with Gasteiger partial charge in [-0.15, -0.1) is 0 Å². The number of hydrogen-bond acceptors (Lipinski definition) is 6. The number of rotatable bonds is 7. The smallest absolute Gasteiger partial charge is 0.437 e. The van der Waals surface area contributed by atoms with E-state index in [0.717, 1.165) is 18.8 Å². The lowest BCUT2D eigenvalue weighted by atomic mass is 10.0. The minimum atomic E-state index is -0.813. The van der Waals surface area contributed by atoms with Crippen LogP contribution >= 0.6 is 0 Å². The second kappa shape index (κ2) is 10.2. The SMILES string of the molecule is COC(=O)Oc1ccc2c(c1)/C(=C(\C)Nc1ccc(CN(C)Cc3ccccc3)cc1)C(=O)N2. The maximum atomic E-state index is 12.6. The van der Waals surface area contributed by atoms with E-state index in [1.165, 1.54) is 18.2 Å². The first-order valence-electron chi connectivity index (χ1n) is 10.9. The van der Waals surface area contributed by atoms with Gasteiger partial charge < -0.3 is 20.1 Å². The first kappa shape index (κ1) is 23.1. The molecule has 0 unspecified atom stereocenters. The zero-order valence-electron chi connectivity index (χ0n) is 19.4. The fourth-order valence-electron chi connectivity index (χ4n) is 3.96. The summed E-state index contributed by atoms with van der Waals surface area (Å²) in [6, 6.07) is 23.5. The van der Waals surface area contributed by atoms with Gasteiger partial charge in [0.1, 0.15) is 5.75 Å². The third kappa shape index (κ3) is 5.44. The van der Waals surface area contributed by atoms with Crippen molar-refractivity contribution in [1.29, 1.82) is 0 Å². The molecule has 0 fully saturated rings. The Kier molecular flexibility index (Phi) is 6.94. The van der Waals surface area contributed by atoms with Crippen molar-refractivity contribution in [2.45, 2.75) is 20.0 Å². The zero-order valence-corrected chi connectivity index (χ0v) is 19.4. The Hall–Kier alpha value is -4.10. The van der Waals surface area contributed by atoms with Crippen LogP contribution < -0.4 is 15.4 Å². The molecule has 7 nitrogen and oxygen atoms in total. The number of anilines is 2. The molecule has 1 aliphatic heterocycles. The van der Waals surface area contributed by atoms with Crippen LogP contribution in [0.4, 0.5) is 16.2 Å². The molecular formula is C27H27N3O4. The molecule has 2 N–H and O–H groups in total. The Morgan fingerprint density at radius 1 is 0.971 bits per heavy atom. The summed E-state index contributed by atoms with van der Waals surface area (Å²) < 4.78 is 9.65. The first-order valence-corrected chi connectivity index (χ1v) is 10.9. The predicted octanol–water partition coefficient (Wildman–Crippen LogP) is 5.26. The molecule has 1 aliphatic rings. The summed E-state index contributed by atoms with van der Waals surface area (Å²) in [6.45, 7) is 3.55. The fraction of sp³-hybridized carbons (Fsp3) is 0.185. The highest BCUT2D eigenvalue weighted by Crippen LogP contribution is 2.36. The molecule has 3 aromatic carbocycles. The topological polar surface area (TPSA) is 79.9 Å². The number of nitrogens with one attached hydrogen (secondary N) is 2. The van der Waals surface area contributed by atoms with Crippen molar-refractivity contribution in [3.8, 4) is 5.75 Å². The van der Waals surface area contributed by atoms with Gasteiger partial charge in [-0.2, -0.15) is 0 Å². The zero-order chi connectivity index (χ0) is 24.1. The quantitative estimate of drug-likeness (QED) is 0.286. The number of fused-ring (bicyclic) bond motifs is 1. The summed E-state index contributed by atoms with van der Waals surface area (Å²) in [4.78, 5) is 26.3. The van der Waals surface area contributed by atoms with Gasteiger partial charge in [0.25, 0.3) is 5.91 Å². The number of carbonyl (C=O) groups excluding carboxylic acids is 2. The lowest BCUT2D eigenvalue weighted by Gasteiger charge is -2.17. The standard InChI is InChI=1S/C27H27N3O4/c1-18(25-23-15-22(34-27(32)33-3)13-14-24(23)29-26(25)31)28-21-11-9-20(10-12-21)17-30(2)16-19-7-5-4-6-8-19/h4-15,28H,16-17H2,1-3H3,(H,29,31)/b25-18-. The van der Waals surface area contributed by atoms with Crippen molar-refractivity contribution < 1.29 is 19.1 Å². The number of carbonyl (C=O) groups is 2. The lowest BCUT2D eigenvalue weighted by Crippen LogP contribution is -2.17. The Bertz CT molecular complexity index is 1220. The van der Waals surface area contributed by atoms with Gasteiger partial charge in [-0.1, -0.05) is 42.5 Å². The van der Waals surface area contributed by atoms with Gasteiger partial charge in [-0.05, 0) is 55.4 Å². The molecule has 0 atom stereocenters. The van der Waals surface area contributed by atoms with E-state index in [1.54, 1.807) is 18.2 Å². The van der Waals surface area contributed by atoms with Crippen LogP contribution in [0, 0.1) is 0 Å². The molecule has 0 saturated heterocycles. The van der Waals surface area contributed by atoms with E-state index >= 15 is 0 Å². The van der Waals surface area contributed by atoms with Crippen LogP contribution in [0.2, 0.25) is 0 Å². The third-order valence-electron chi connectivity index (χ3n) is 5.51. The molecule has 7 heteroatoms. The number of amides is 1. The van der Waals surface area contributed by atoms with Crippen LogP contribution in [-0.4, -0.2) is 31.1 Å². The molecule has 3 aromatic rings. The van der Waals surface area contributed by atoms with E-state index in [-0.39, 0.29) is 5.91 Å². The summed E-state index contributed by atoms with van der Waals surface area (Å²) in [5, 5.41) is 6.16. The number of hydrogen-bond donors (Lipinski definition) is 2. The van der Waals surface area contributed by atoms with Gasteiger partial charge in [-0.3, -0.25) is 9.69 Å². The Morgan fingerprint density at radius 2 is 1.65 bits per heavy atom. The monoisotopic (exact) mass is 457 g/mol. The number of nitrogens with zero attached hydrogens (tertiary/aromatic N) is 1. The molecule has 4 rings (SSSR count). The van der Waals surface area contributed by atoms with Crippen LogP contribution in [0.5, 0.6) is 5.75 Å². The van der Waals surface area contributed by atoms with E-state index < -0.39 is 6.16 Å². The summed E-state index contributed by atoms with van der Waals surface area (Å²) in [6.07, 6.45) is -0.813. The maximum absolute atomic E-state index is 12.6. The second-order valence-electron chi connectivity index (χ2n) is 8.20. The Balaban J connectivity index is 1.45. The van der Waals surface area contributed by atoms with E-state index in [2.05, 4.69) is 63.7 Å². The average Bonchev–Trinajstić information content (AvgIpc) is 3.16. The molecule has 0 spiro atoms. The van der Waals surface area contributed by atoms with E-state index in [4.69, 9.17) is 4.74 Å². The third-order valence-corrected chi connectivity index (χ3v) is 5.51. The molecule has 0 radical (unpaired) electrons. The van der Waals surface area contributed by atoms with Crippen molar-refractivity contribution in [1.82, 2.24) is 4.90 Å². The van der Waals surface area contributed by atoms with Gasteiger partial charge >= 0.3 is 6.16 Å². The summed E-state index contributed by atoms with van der Waals surface area (Å²) in [5.74, 6) is 0.0887. The normalized spacial score (nSPS) is 13.8. The molecule has 0 aliphatic carbocycles. The van der Waals surface area contributed by atoms with Gasteiger partial charge in [0.15, 0.2) is 0 Å². The highest BCUT2D eigenvalue weighted by molar-refractivity contribution is 6.32. The van der Waals surface area contributed by atoms with Crippen molar-refractivity contribution >= 4 is 29.0 Å². The number of ether oxygens (including phenoxy) is 2. The highest BCUT2D eigenvalue weighted by atomic mass is 16.7. The predicted molar refractivity (Wildman–Crippen MR) is 132 cm³/mol. The van der Waals surface area contributed by atoms with Gasteiger partial charge in [0.05, 0.1) is 12.7 Å². The maximum Gasteiger partial charge on any atom is 0.513 e. The molecular weight excluding hydrogens is 430 g/mol. The highest BCUT2D eigenvalue weighted by Gasteiger charge is 2.27. The van der Waals surface area contributed by atoms with Gasteiger partial charge in [0, 0.05) is 35.7 Å². The minimum Gasteiger partial charge on any atom is -0.437 e.